The Bertz CT molecular complexity index is 699. The van der Waals surface area contributed by atoms with Gasteiger partial charge in [-0.25, -0.2) is 4.79 Å². The van der Waals surface area contributed by atoms with Crippen LogP contribution >= 0.6 is 24.0 Å². The quantitative estimate of drug-likeness (QED) is 0.484. The van der Waals surface area contributed by atoms with Gasteiger partial charge in [-0.15, -0.1) is 6.58 Å². The van der Waals surface area contributed by atoms with Gasteiger partial charge in [-0.1, -0.05) is 42.2 Å². The van der Waals surface area contributed by atoms with Crippen molar-refractivity contribution in [1.82, 2.24) is 4.90 Å². The number of rotatable bonds is 6. The number of aliphatic carboxylic acids is 1. The van der Waals surface area contributed by atoms with Crippen molar-refractivity contribution >= 4 is 46.3 Å². The summed E-state index contributed by atoms with van der Waals surface area (Å²) in [6.45, 7) is 5.44. The molecule has 120 valence electrons. The number of carboxylic acid groups (broad SMARTS) is 1. The number of thioether (sulfide) groups is 1. The number of amides is 1. The van der Waals surface area contributed by atoms with Crippen LogP contribution in [0.1, 0.15) is 12.5 Å². The van der Waals surface area contributed by atoms with Crippen LogP contribution in [-0.2, 0) is 9.59 Å². The van der Waals surface area contributed by atoms with E-state index >= 15 is 0 Å². The van der Waals surface area contributed by atoms with E-state index in [0.29, 0.717) is 21.5 Å². The molecule has 1 fully saturated rings. The van der Waals surface area contributed by atoms with Gasteiger partial charge in [0.2, 0.25) is 0 Å². The number of thiocarbonyl (C=S) groups is 1. The van der Waals surface area contributed by atoms with E-state index in [4.69, 9.17) is 22.1 Å². The molecule has 1 aromatic carbocycles. The summed E-state index contributed by atoms with van der Waals surface area (Å²) >= 11 is 6.40. The first kappa shape index (κ1) is 17.2. The molecular formula is C16H15NO4S2. The molecular weight excluding hydrogens is 334 g/mol. The lowest BCUT2D eigenvalue weighted by Gasteiger charge is -2.11. The van der Waals surface area contributed by atoms with Crippen LogP contribution in [0, 0.1) is 0 Å². The van der Waals surface area contributed by atoms with Crippen molar-refractivity contribution in [3.8, 4) is 5.75 Å². The molecule has 1 aliphatic heterocycles. The van der Waals surface area contributed by atoms with E-state index in [-0.39, 0.29) is 5.91 Å². The second-order valence-electron chi connectivity index (χ2n) is 4.75. The van der Waals surface area contributed by atoms with Crippen LogP contribution in [0.3, 0.4) is 0 Å². The maximum atomic E-state index is 12.3. The fourth-order valence-corrected chi connectivity index (χ4v) is 3.15. The number of carbonyl (C=O) groups is 2. The minimum Gasteiger partial charge on any atom is -0.479 e. The topological polar surface area (TPSA) is 66.8 Å². The standard InChI is InChI=1S/C16H15NO4S2/c1-3-7-17-14(18)13(23-16(17)22)9-11-5-4-6-12(8-11)21-10(2)15(19)20/h3-6,8-10H,1,7H2,2H3,(H,19,20)/b13-9-. The van der Waals surface area contributed by atoms with E-state index < -0.39 is 12.1 Å². The monoisotopic (exact) mass is 349 g/mol. The molecule has 2 rings (SSSR count). The molecule has 1 heterocycles. The number of carboxylic acids is 1. The summed E-state index contributed by atoms with van der Waals surface area (Å²) in [6.07, 6.45) is 2.38. The summed E-state index contributed by atoms with van der Waals surface area (Å²) < 4.78 is 5.81. The Morgan fingerprint density at radius 1 is 1.57 bits per heavy atom. The maximum Gasteiger partial charge on any atom is 0.344 e. The lowest BCUT2D eigenvalue weighted by atomic mass is 10.2. The molecule has 1 atom stereocenters. The van der Waals surface area contributed by atoms with Crippen molar-refractivity contribution in [2.45, 2.75) is 13.0 Å². The van der Waals surface area contributed by atoms with E-state index in [1.807, 2.05) is 0 Å². The van der Waals surface area contributed by atoms with Crippen molar-refractivity contribution in [2.24, 2.45) is 0 Å². The molecule has 1 aromatic rings. The fourth-order valence-electron chi connectivity index (χ4n) is 1.87. The highest BCUT2D eigenvalue weighted by Gasteiger charge is 2.30. The summed E-state index contributed by atoms with van der Waals surface area (Å²) in [5.41, 5.74) is 0.735. The molecule has 1 amide bonds. The first-order valence-corrected chi connectivity index (χ1v) is 8.00. The SMILES string of the molecule is C=CCN1C(=O)/C(=C/c2cccc(OC(C)C(=O)O)c2)SC1=S. The second kappa shape index (κ2) is 7.43. The molecule has 0 saturated carbocycles. The smallest absolute Gasteiger partial charge is 0.344 e. The summed E-state index contributed by atoms with van der Waals surface area (Å²) in [5, 5.41) is 8.87. The van der Waals surface area contributed by atoms with Crippen molar-refractivity contribution in [3.63, 3.8) is 0 Å². The molecule has 0 aliphatic carbocycles. The van der Waals surface area contributed by atoms with Gasteiger partial charge in [-0.3, -0.25) is 9.69 Å². The molecule has 23 heavy (non-hydrogen) atoms. The van der Waals surface area contributed by atoms with E-state index in [0.717, 1.165) is 5.56 Å². The normalized spacial score (nSPS) is 17.4. The van der Waals surface area contributed by atoms with Gasteiger partial charge in [0.25, 0.3) is 5.91 Å². The zero-order valence-corrected chi connectivity index (χ0v) is 14.0. The molecule has 0 bridgehead atoms. The van der Waals surface area contributed by atoms with Crippen molar-refractivity contribution in [3.05, 3.63) is 47.4 Å². The van der Waals surface area contributed by atoms with E-state index in [1.54, 1.807) is 36.4 Å². The van der Waals surface area contributed by atoms with Crippen LogP contribution in [0.15, 0.2) is 41.8 Å². The van der Waals surface area contributed by atoms with E-state index in [2.05, 4.69) is 6.58 Å². The highest BCUT2D eigenvalue weighted by atomic mass is 32.2. The third-order valence-electron chi connectivity index (χ3n) is 3.00. The molecule has 1 unspecified atom stereocenters. The average molecular weight is 349 g/mol. The van der Waals surface area contributed by atoms with Crippen LogP contribution in [0.4, 0.5) is 0 Å². The Balaban J connectivity index is 2.20. The summed E-state index contributed by atoms with van der Waals surface area (Å²) in [5.74, 6) is -0.777. The van der Waals surface area contributed by atoms with Crippen LogP contribution in [-0.4, -0.2) is 38.9 Å². The average Bonchev–Trinajstić information content (AvgIpc) is 2.75. The third kappa shape index (κ3) is 4.20. The fraction of sp³-hybridized carbons (Fsp3) is 0.188. The van der Waals surface area contributed by atoms with Gasteiger partial charge in [0.1, 0.15) is 10.1 Å². The minimum atomic E-state index is -1.04. The number of nitrogens with zero attached hydrogens (tertiary/aromatic N) is 1. The lowest BCUT2D eigenvalue weighted by Crippen LogP contribution is -2.27. The summed E-state index contributed by atoms with van der Waals surface area (Å²) in [7, 11) is 0. The van der Waals surface area contributed by atoms with Crippen LogP contribution < -0.4 is 4.74 Å². The lowest BCUT2D eigenvalue weighted by molar-refractivity contribution is -0.144. The van der Waals surface area contributed by atoms with Crippen LogP contribution in [0.5, 0.6) is 5.75 Å². The summed E-state index contributed by atoms with van der Waals surface area (Å²) in [4.78, 5) is 25.1. The molecule has 0 spiro atoms. The first-order chi connectivity index (χ1) is 10.9. The first-order valence-electron chi connectivity index (χ1n) is 6.78. The molecule has 1 aliphatic rings. The Kier molecular flexibility index (Phi) is 5.57. The number of hydrogen-bond acceptors (Lipinski definition) is 5. The second-order valence-corrected chi connectivity index (χ2v) is 6.43. The number of hydrogen-bond donors (Lipinski definition) is 1. The Hall–Kier alpha value is -2.12. The van der Waals surface area contributed by atoms with Crippen LogP contribution in [0.25, 0.3) is 6.08 Å². The zero-order chi connectivity index (χ0) is 17.0. The van der Waals surface area contributed by atoms with Gasteiger partial charge >= 0.3 is 5.97 Å². The van der Waals surface area contributed by atoms with Crippen molar-refractivity contribution in [2.75, 3.05) is 6.54 Å². The Morgan fingerprint density at radius 2 is 2.30 bits per heavy atom. The van der Waals surface area contributed by atoms with Gasteiger partial charge in [-0.2, -0.15) is 0 Å². The molecule has 7 heteroatoms. The van der Waals surface area contributed by atoms with Crippen molar-refractivity contribution in [1.29, 1.82) is 0 Å². The minimum absolute atomic E-state index is 0.162. The van der Waals surface area contributed by atoms with E-state index in [1.165, 1.54) is 23.6 Å². The zero-order valence-electron chi connectivity index (χ0n) is 12.4. The Morgan fingerprint density at radius 3 is 2.96 bits per heavy atom. The predicted octanol–water partition coefficient (Wildman–Crippen LogP) is 2.93. The predicted molar refractivity (Wildman–Crippen MR) is 94.2 cm³/mol. The van der Waals surface area contributed by atoms with Crippen molar-refractivity contribution < 1.29 is 19.4 Å². The molecule has 0 radical (unpaired) electrons. The summed E-state index contributed by atoms with van der Waals surface area (Å²) in [6, 6.07) is 6.89. The highest BCUT2D eigenvalue weighted by Crippen LogP contribution is 2.32. The molecule has 1 N–H and O–H groups in total. The van der Waals surface area contributed by atoms with Gasteiger partial charge in [0.15, 0.2) is 6.10 Å². The van der Waals surface area contributed by atoms with Gasteiger partial charge < -0.3 is 9.84 Å². The van der Waals surface area contributed by atoms with Gasteiger partial charge in [0.05, 0.1) is 4.91 Å². The number of carbonyl (C=O) groups excluding carboxylic acids is 1. The van der Waals surface area contributed by atoms with E-state index in [9.17, 15) is 9.59 Å². The van der Waals surface area contributed by atoms with Gasteiger partial charge in [0, 0.05) is 6.54 Å². The van der Waals surface area contributed by atoms with Gasteiger partial charge in [-0.05, 0) is 30.7 Å². The van der Waals surface area contributed by atoms with Crippen LogP contribution in [0.2, 0.25) is 0 Å². The third-order valence-corrected chi connectivity index (χ3v) is 4.38. The largest absolute Gasteiger partial charge is 0.479 e. The highest BCUT2D eigenvalue weighted by molar-refractivity contribution is 8.26. The molecule has 1 saturated heterocycles. The number of benzene rings is 1. The molecule has 0 aromatic heterocycles. The maximum absolute atomic E-state index is 12.3. The molecule has 5 nitrogen and oxygen atoms in total. The number of ether oxygens (including phenoxy) is 1. The Labute approximate surface area is 143 Å².